The monoisotopic (exact) mass is 787 g/mol. The Balaban J connectivity index is -0.000000879. The molecule has 0 saturated heterocycles. The highest BCUT2D eigenvalue weighted by Crippen LogP contribution is 2.16. The molecular weight excluding hydrogens is 689 g/mol. The van der Waals surface area contributed by atoms with Crippen molar-refractivity contribution in [2.75, 3.05) is 13.2 Å². The lowest BCUT2D eigenvalue weighted by atomic mass is 10.0. The van der Waals surface area contributed by atoms with E-state index in [1.807, 2.05) is 13.8 Å². The minimum absolute atomic E-state index is 0.0260. The van der Waals surface area contributed by atoms with E-state index in [0.29, 0.717) is 12.8 Å². The highest BCUT2D eigenvalue weighted by Gasteiger charge is 2.12. The molecule has 0 aromatic carbocycles. The molecule has 0 fully saturated rings. The van der Waals surface area contributed by atoms with Crippen LogP contribution in [0.1, 0.15) is 266 Å². The molecule has 0 bridgehead atoms. The summed E-state index contributed by atoms with van der Waals surface area (Å²) in [7, 11) is 0. The van der Waals surface area contributed by atoms with Gasteiger partial charge >= 0.3 is 11.9 Å². The van der Waals surface area contributed by atoms with Gasteiger partial charge in [-0.3, -0.25) is 9.59 Å². The zero-order valence-corrected chi connectivity index (χ0v) is 37.9. The Kier molecular flexibility index (Phi) is 53.7. The van der Waals surface area contributed by atoms with E-state index in [-0.39, 0.29) is 37.4 Å². The van der Waals surface area contributed by atoms with Gasteiger partial charge in [-0.05, 0) is 46.0 Å². The van der Waals surface area contributed by atoms with Gasteiger partial charge in [0, 0.05) is 12.8 Å². The van der Waals surface area contributed by atoms with E-state index in [9.17, 15) is 9.59 Å². The van der Waals surface area contributed by atoms with E-state index in [1.165, 1.54) is 186 Å². The number of aliphatic hydroxyl groups is 3. The third kappa shape index (κ3) is 55.0. The van der Waals surface area contributed by atoms with Crippen LogP contribution in [0, 0.1) is 0 Å². The summed E-state index contributed by atoms with van der Waals surface area (Å²) in [4.78, 5) is 23.3. The van der Waals surface area contributed by atoms with Gasteiger partial charge in [0.2, 0.25) is 0 Å². The van der Waals surface area contributed by atoms with E-state index in [4.69, 9.17) is 24.8 Å². The first-order valence-corrected chi connectivity index (χ1v) is 24.0. The van der Waals surface area contributed by atoms with Crippen LogP contribution in [0.15, 0.2) is 0 Å². The maximum atomic E-state index is 12.0. The van der Waals surface area contributed by atoms with Crippen molar-refractivity contribution in [3.8, 4) is 0 Å². The third-order valence-corrected chi connectivity index (χ3v) is 10.1. The number of ether oxygens (including phenoxy) is 2. The first-order chi connectivity index (χ1) is 26.7. The second kappa shape index (κ2) is 50.8. The fraction of sp³-hybridized carbons (Fsp3) is 0.958. The number of unbranched alkanes of at least 4 members (excludes halogenated alkanes) is 28. The number of hydrogen-bond donors (Lipinski definition) is 3. The van der Waals surface area contributed by atoms with E-state index in [2.05, 4.69) is 27.7 Å². The molecule has 0 amide bonds. The van der Waals surface area contributed by atoms with E-state index >= 15 is 0 Å². The Hall–Kier alpha value is -1.18. The molecule has 0 aliphatic carbocycles. The highest BCUT2D eigenvalue weighted by atomic mass is 16.5. The number of esters is 2. The van der Waals surface area contributed by atoms with Crippen molar-refractivity contribution < 1.29 is 34.4 Å². The number of carbonyl (C=O) groups excluding carboxylic acids is 2. The van der Waals surface area contributed by atoms with Crippen LogP contribution in [0.4, 0.5) is 0 Å². The lowest BCUT2D eigenvalue weighted by molar-refractivity contribution is -0.150. The molecule has 55 heavy (non-hydrogen) atoms. The van der Waals surface area contributed by atoms with Gasteiger partial charge in [-0.25, -0.2) is 0 Å². The minimum atomic E-state index is -0.954. The van der Waals surface area contributed by atoms with Crippen LogP contribution < -0.4 is 0 Å². The molecular formula is C48H98O7. The normalized spacial score (nSPS) is 11.5. The molecule has 0 aliphatic rings. The lowest BCUT2D eigenvalue weighted by Gasteiger charge is -2.16. The fourth-order valence-electron chi connectivity index (χ4n) is 6.52. The smallest absolute Gasteiger partial charge is 0.306 e. The largest absolute Gasteiger partial charge is 0.463 e. The standard InChI is InChI=1S/C26H52O2.C19H38O2.C3H8O3/c1-4-7-9-10-11-12-13-14-15-16-17-18-19-20-22-24-26(27)28-25(6-3)23-21-8-5-2;1-4-5-6-7-8-9-10-11-12-13-14-15-16-17-19(20)21-18(2)3;4-1-3(6)2-5/h25H,4-24H2,1-3H3;18H,4-17H2,1-3H3;3-6H,1-2H2. The number of hydrogen-bond acceptors (Lipinski definition) is 7. The predicted molar refractivity (Wildman–Crippen MR) is 236 cm³/mol. The van der Waals surface area contributed by atoms with Gasteiger partial charge in [-0.2, -0.15) is 0 Å². The van der Waals surface area contributed by atoms with Gasteiger partial charge in [0.25, 0.3) is 0 Å². The number of aliphatic hydroxyl groups excluding tert-OH is 3. The first kappa shape index (κ1) is 58.1. The highest BCUT2D eigenvalue weighted by molar-refractivity contribution is 5.69. The molecule has 0 aromatic heterocycles. The van der Waals surface area contributed by atoms with Gasteiger partial charge < -0.3 is 24.8 Å². The molecule has 0 aromatic rings. The van der Waals surface area contributed by atoms with Crippen molar-refractivity contribution in [3.05, 3.63) is 0 Å². The number of carbonyl (C=O) groups is 2. The van der Waals surface area contributed by atoms with Gasteiger partial charge in [-0.1, -0.05) is 207 Å². The summed E-state index contributed by atoms with van der Waals surface area (Å²) in [6.07, 6.45) is 43.8. The Morgan fingerprint density at radius 3 is 0.945 bits per heavy atom. The predicted octanol–water partition coefficient (Wildman–Crippen LogP) is 13.9. The second-order valence-corrected chi connectivity index (χ2v) is 16.3. The molecule has 0 saturated carbocycles. The van der Waals surface area contributed by atoms with E-state index in [0.717, 1.165) is 25.7 Å². The van der Waals surface area contributed by atoms with E-state index < -0.39 is 6.10 Å². The third-order valence-electron chi connectivity index (χ3n) is 10.1. The quantitative estimate of drug-likeness (QED) is 0.0420. The molecule has 0 rings (SSSR count). The molecule has 7 heteroatoms. The second-order valence-electron chi connectivity index (χ2n) is 16.3. The van der Waals surface area contributed by atoms with Gasteiger partial charge in [0.05, 0.1) is 19.3 Å². The van der Waals surface area contributed by atoms with Crippen LogP contribution in [-0.2, 0) is 19.1 Å². The molecule has 1 unspecified atom stereocenters. The van der Waals surface area contributed by atoms with Crippen LogP contribution in [0.25, 0.3) is 0 Å². The number of rotatable bonds is 39. The average molecular weight is 787 g/mol. The van der Waals surface area contributed by atoms with Gasteiger partial charge in [-0.15, -0.1) is 0 Å². The summed E-state index contributed by atoms with van der Waals surface area (Å²) in [5, 5.41) is 24.0. The van der Waals surface area contributed by atoms with Crippen LogP contribution in [0.3, 0.4) is 0 Å². The molecule has 0 spiro atoms. The summed E-state index contributed by atoms with van der Waals surface area (Å²) < 4.78 is 10.7. The zero-order chi connectivity index (χ0) is 41.5. The van der Waals surface area contributed by atoms with Crippen LogP contribution in [0.2, 0.25) is 0 Å². The van der Waals surface area contributed by atoms with Crippen molar-refractivity contribution in [2.24, 2.45) is 0 Å². The van der Waals surface area contributed by atoms with Crippen LogP contribution in [-0.4, -0.2) is 58.8 Å². The Bertz CT molecular complexity index is 725. The molecule has 0 radical (unpaired) electrons. The topological polar surface area (TPSA) is 113 Å². The molecule has 0 heterocycles. The summed E-state index contributed by atoms with van der Waals surface area (Å²) in [6, 6.07) is 0. The molecule has 332 valence electrons. The summed E-state index contributed by atoms with van der Waals surface area (Å²) in [6.45, 7) is 12.0. The minimum Gasteiger partial charge on any atom is -0.463 e. The fourth-order valence-corrected chi connectivity index (χ4v) is 6.52. The van der Waals surface area contributed by atoms with Crippen molar-refractivity contribution >= 4 is 11.9 Å². The molecule has 3 N–H and O–H groups in total. The Morgan fingerprint density at radius 1 is 0.418 bits per heavy atom. The Morgan fingerprint density at radius 2 is 0.691 bits per heavy atom. The molecule has 1 atom stereocenters. The van der Waals surface area contributed by atoms with E-state index in [1.54, 1.807) is 0 Å². The Labute approximate surface area is 343 Å². The lowest BCUT2D eigenvalue weighted by Crippen LogP contribution is -2.17. The molecule has 0 aliphatic heterocycles. The zero-order valence-electron chi connectivity index (χ0n) is 37.9. The summed E-state index contributed by atoms with van der Waals surface area (Å²) in [5.74, 6) is -0.00823. The van der Waals surface area contributed by atoms with Crippen molar-refractivity contribution in [2.45, 2.75) is 285 Å². The van der Waals surface area contributed by atoms with Crippen LogP contribution >= 0.6 is 0 Å². The summed E-state index contributed by atoms with van der Waals surface area (Å²) >= 11 is 0. The first-order valence-electron chi connectivity index (χ1n) is 24.0. The summed E-state index contributed by atoms with van der Waals surface area (Å²) in [5.41, 5.74) is 0. The van der Waals surface area contributed by atoms with Gasteiger partial charge in [0.1, 0.15) is 12.2 Å². The van der Waals surface area contributed by atoms with Crippen LogP contribution in [0.5, 0.6) is 0 Å². The maximum absolute atomic E-state index is 12.0. The van der Waals surface area contributed by atoms with Gasteiger partial charge in [0.15, 0.2) is 0 Å². The SMILES string of the molecule is CCCCCCCCCCCCCCCC(=O)OC(C)C.CCCCCCCCCCCCCCCCCC(=O)OC(CC)CCCCC.OCC(O)CO. The van der Waals surface area contributed by atoms with Crippen molar-refractivity contribution in [1.82, 2.24) is 0 Å². The molecule has 7 nitrogen and oxygen atoms in total. The van der Waals surface area contributed by atoms with Crippen molar-refractivity contribution in [1.29, 1.82) is 0 Å². The average Bonchev–Trinajstić information content (AvgIpc) is 3.17. The van der Waals surface area contributed by atoms with Crippen molar-refractivity contribution in [3.63, 3.8) is 0 Å². The maximum Gasteiger partial charge on any atom is 0.306 e.